The number of nitrogens with zero attached hydrogens (tertiary/aromatic N) is 5. The van der Waals surface area contributed by atoms with Crippen LogP contribution >= 0.6 is 0 Å². The quantitative estimate of drug-likeness (QED) is 0.196. The van der Waals surface area contributed by atoms with Gasteiger partial charge in [-0.2, -0.15) is 5.26 Å². The lowest BCUT2D eigenvalue weighted by molar-refractivity contribution is -0.126. The van der Waals surface area contributed by atoms with E-state index in [1.54, 1.807) is 12.3 Å². The van der Waals surface area contributed by atoms with Gasteiger partial charge in [-0.05, 0) is 77.5 Å². The van der Waals surface area contributed by atoms with E-state index in [2.05, 4.69) is 36.9 Å². The van der Waals surface area contributed by atoms with Gasteiger partial charge in [0.15, 0.2) is 0 Å². The van der Waals surface area contributed by atoms with Crippen LogP contribution in [0.3, 0.4) is 0 Å². The number of ether oxygens (including phenoxy) is 1. The Kier molecular flexibility index (Phi) is 11.6. The summed E-state index contributed by atoms with van der Waals surface area (Å²) in [6.45, 7) is 9.13. The highest BCUT2D eigenvalue weighted by Gasteiger charge is 2.28. The van der Waals surface area contributed by atoms with Gasteiger partial charge >= 0.3 is 0 Å². The summed E-state index contributed by atoms with van der Waals surface area (Å²) in [5.74, 6) is 0.491. The van der Waals surface area contributed by atoms with E-state index >= 15 is 0 Å². The van der Waals surface area contributed by atoms with Gasteiger partial charge in [-0.15, -0.1) is 0 Å². The minimum Gasteiger partial charge on any atom is -0.382 e. The Hall–Kier alpha value is -4.05. The number of carbonyl (C=O) groups excluding carboxylic acids is 2. The van der Waals surface area contributed by atoms with Crippen molar-refractivity contribution in [1.29, 1.82) is 5.26 Å². The van der Waals surface area contributed by atoms with Crippen LogP contribution in [0.25, 0.3) is 16.9 Å². The van der Waals surface area contributed by atoms with Crippen molar-refractivity contribution >= 4 is 28.5 Å². The second-order valence-electron chi connectivity index (χ2n) is 12.8. The Morgan fingerprint density at radius 2 is 1.91 bits per heavy atom. The first-order chi connectivity index (χ1) is 22.3. The highest BCUT2D eigenvalue weighted by atomic mass is 16.5. The number of nitriles is 1. The van der Waals surface area contributed by atoms with Crippen LogP contribution in [-0.4, -0.2) is 88.8 Å². The minimum atomic E-state index is -0.187. The number of anilines is 1. The molecule has 3 aromatic heterocycles. The highest BCUT2D eigenvalue weighted by molar-refractivity contribution is 6.00. The Balaban J connectivity index is 1.06. The lowest BCUT2D eigenvalue weighted by Gasteiger charge is -2.28. The van der Waals surface area contributed by atoms with Crippen LogP contribution in [0.15, 0.2) is 36.8 Å². The number of nitrogens with one attached hydrogen (secondary N) is 3. The summed E-state index contributed by atoms with van der Waals surface area (Å²) >= 11 is 0. The molecule has 0 spiro atoms. The molecule has 1 saturated carbocycles. The number of nitrogens with two attached hydrogens (primary N) is 1. The molecule has 246 valence electrons. The Bertz CT molecular complexity index is 1520. The summed E-state index contributed by atoms with van der Waals surface area (Å²) in [4.78, 5) is 37.6. The number of amides is 2. The molecular weight excluding hydrogens is 582 g/mol. The molecule has 2 aliphatic rings. The molecule has 0 aromatic carbocycles. The molecule has 1 atom stereocenters. The van der Waals surface area contributed by atoms with Crippen LogP contribution in [0, 0.1) is 17.2 Å². The van der Waals surface area contributed by atoms with Crippen molar-refractivity contribution < 1.29 is 14.3 Å². The molecule has 1 aliphatic heterocycles. The minimum absolute atomic E-state index is 0.000235. The zero-order chi connectivity index (χ0) is 32.5. The summed E-state index contributed by atoms with van der Waals surface area (Å²) in [6, 6.07) is 8.06. The van der Waals surface area contributed by atoms with Crippen molar-refractivity contribution in [2.75, 3.05) is 44.7 Å². The molecule has 46 heavy (non-hydrogen) atoms. The Morgan fingerprint density at radius 1 is 1.11 bits per heavy atom. The SMILES string of the molecule is CC(C)Nc1cc(-n2ccc3cc(C#N)cnc32)ncc1C(=O)NC1CCC(C(=O)NCCCOCCCN2CC[C@@H](N)C2)CC1. The van der Waals surface area contributed by atoms with E-state index in [0.717, 1.165) is 76.6 Å². The number of carbonyl (C=O) groups is 2. The maximum Gasteiger partial charge on any atom is 0.255 e. The van der Waals surface area contributed by atoms with E-state index in [1.165, 1.54) is 6.20 Å². The normalized spacial score (nSPS) is 20.1. The average Bonchev–Trinajstić information content (AvgIpc) is 3.67. The van der Waals surface area contributed by atoms with E-state index in [1.807, 2.05) is 36.7 Å². The summed E-state index contributed by atoms with van der Waals surface area (Å²) in [7, 11) is 0. The number of fused-ring (bicyclic) bond motifs is 1. The predicted molar refractivity (Wildman–Crippen MR) is 178 cm³/mol. The molecule has 1 aliphatic carbocycles. The summed E-state index contributed by atoms with van der Waals surface area (Å²) < 4.78 is 7.59. The second-order valence-corrected chi connectivity index (χ2v) is 12.8. The lowest BCUT2D eigenvalue weighted by atomic mass is 9.85. The molecule has 0 bridgehead atoms. The zero-order valence-electron chi connectivity index (χ0n) is 27.0. The largest absolute Gasteiger partial charge is 0.382 e. The van der Waals surface area contributed by atoms with Gasteiger partial charge < -0.3 is 31.3 Å². The molecule has 12 nitrogen and oxygen atoms in total. The summed E-state index contributed by atoms with van der Waals surface area (Å²) in [5.41, 5.74) is 8.28. The number of pyridine rings is 2. The number of aromatic nitrogens is 3. The van der Waals surface area contributed by atoms with Crippen molar-refractivity contribution in [1.82, 2.24) is 30.1 Å². The number of hydrogen-bond donors (Lipinski definition) is 4. The van der Waals surface area contributed by atoms with Crippen LogP contribution in [0.4, 0.5) is 5.69 Å². The number of rotatable bonds is 14. The maximum atomic E-state index is 13.4. The van der Waals surface area contributed by atoms with Gasteiger partial charge in [-0.3, -0.25) is 14.2 Å². The molecule has 2 amide bonds. The molecule has 0 unspecified atom stereocenters. The second kappa shape index (κ2) is 16.0. The fourth-order valence-electron chi connectivity index (χ4n) is 6.31. The van der Waals surface area contributed by atoms with Crippen LogP contribution in [0.5, 0.6) is 0 Å². The van der Waals surface area contributed by atoms with Gasteiger partial charge in [-0.25, -0.2) is 9.97 Å². The van der Waals surface area contributed by atoms with Crippen molar-refractivity contribution in [2.24, 2.45) is 11.7 Å². The van der Waals surface area contributed by atoms with Gasteiger partial charge in [0, 0.05) is 86.9 Å². The molecular formula is C34H47N9O3. The molecule has 1 saturated heterocycles. The van der Waals surface area contributed by atoms with Crippen LogP contribution < -0.4 is 21.7 Å². The topological polar surface area (TPSA) is 163 Å². The lowest BCUT2D eigenvalue weighted by Crippen LogP contribution is -2.41. The van der Waals surface area contributed by atoms with Gasteiger partial charge in [0.05, 0.1) is 16.8 Å². The van der Waals surface area contributed by atoms with Crippen molar-refractivity contribution in [3.8, 4) is 11.9 Å². The third kappa shape index (κ3) is 8.81. The van der Waals surface area contributed by atoms with E-state index in [4.69, 9.17) is 10.5 Å². The molecule has 2 fully saturated rings. The van der Waals surface area contributed by atoms with Crippen molar-refractivity contribution in [3.05, 3.63) is 47.9 Å². The first-order valence-electron chi connectivity index (χ1n) is 16.6. The third-order valence-corrected chi connectivity index (χ3v) is 8.75. The van der Waals surface area contributed by atoms with Gasteiger partial charge in [0.1, 0.15) is 17.5 Å². The van der Waals surface area contributed by atoms with E-state index in [0.29, 0.717) is 47.5 Å². The van der Waals surface area contributed by atoms with E-state index in [-0.39, 0.29) is 29.8 Å². The van der Waals surface area contributed by atoms with Crippen molar-refractivity contribution in [3.63, 3.8) is 0 Å². The smallest absolute Gasteiger partial charge is 0.255 e. The van der Waals surface area contributed by atoms with Crippen LogP contribution in [0.2, 0.25) is 0 Å². The van der Waals surface area contributed by atoms with E-state index in [9.17, 15) is 14.9 Å². The first-order valence-corrected chi connectivity index (χ1v) is 16.6. The fourth-order valence-corrected chi connectivity index (χ4v) is 6.31. The summed E-state index contributed by atoms with van der Waals surface area (Å²) in [6.07, 6.45) is 10.9. The zero-order valence-corrected chi connectivity index (χ0v) is 27.0. The standard InChI is InChI=1S/C34H47N9O3/c1-23(2)40-30-18-31(43-14-9-26-17-24(19-35)20-39-32(26)43)38-21-29(30)34(45)41-28-7-5-25(6-8-28)33(44)37-11-3-15-46-16-4-12-42-13-10-27(36)22-42/h9,14,17-18,20-21,23,25,27-28H,3-8,10-13,15-16,22,36H2,1-2H3,(H,37,44)(H,38,40)(H,41,45)/t25?,27-,28?/m1/s1. The number of likely N-dealkylation sites (tertiary alicyclic amines) is 1. The maximum absolute atomic E-state index is 13.4. The molecule has 5 N–H and O–H groups in total. The Morgan fingerprint density at radius 3 is 2.65 bits per heavy atom. The monoisotopic (exact) mass is 629 g/mol. The average molecular weight is 630 g/mol. The van der Waals surface area contributed by atoms with Gasteiger partial charge in [0.2, 0.25) is 5.91 Å². The Labute approximate surface area is 271 Å². The molecule has 5 rings (SSSR count). The highest BCUT2D eigenvalue weighted by Crippen LogP contribution is 2.27. The summed E-state index contributed by atoms with van der Waals surface area (Å²) in [5, 5.41) is 19.7. The predicted octanol–water partition coefficient (Wildman–Crippen LogP) is 3.35. The molecule has 3 aromatic rings. The number of hydrogen-bond acceptors (Lipinski definition) is 9. The van der Waals surface area contributed by atoms with Gasteiger partial charge in [0.25, 0.3) is 5.91 Å². The van der Waals surface area contributed by atoms with E-state index < -0.39 is 0 Å². The van der Waals surface area contributed by atoms with Crippen LogP contribution in [-0.2, 0) is 9.53 Å². The van der Waals surface area contributed by atoms with Crippen LogP contribution in [0.1, 0.15) is 74.7 Å². The molecule has 12 heteroatoms. The molecule has 0 radical (unpaired) electrons. The fraction of sp³-hybridized carbons (Fsp3) is 0.559. The van der Waals surface area contributed by atoms with Gasteiger partial charge in [-0.1, -0.05) is 0 Å². The molecule has 4 heterocycles. The first kappa shape index (κ1) is 33.3. The third-order valence-electron chi connectivity index (χ3n) is 8.75. The van der Waals surface area contributed by atoms with Crippen molar-refractivity contribution in [2.45, 2.75) is 76.9 Å².